The van der Waals surface area contributed by atoms with Gasteiger partial charge in [-0.15, -0.1) is 0 Å². The van der Waals surface area contributed by atoms with E-state index in [1.807, 2.05) is 0 Å². The third-order valence-electron chi connectivity index (χ3n) is 2.85. The maximum atomic E-state index is 11.7. The Bertz CT molecular complexity index is 864. The Kier molecular flexibility index (Phi) is 7.15. The quantitative estimate of drug-likeness (QED) is 0.297. The second kappa shape index (κ2) is 8.28. The van der Waals surface area contributed by atoms with Crippen molar-refractivity contribution in [2.24, 2.45) is 0 Å². The molecule has 0 radical (unpaired) electrons. The normalized spacial score (nSPS) is 12.0. The molecule has 25 heavy (non-hydrogen) atoms. The molecule has 0 aliphatic rings. The first-order chi connectivity index (χ1) is 11.4. The summed E-state index contributed by atoms with van der Waals surface area (Å²) < 4.78 is 69.7. The van der Waals surface area contributed by atoms with Crippen molar-refractivity contribution in [3.63, 3.8) is 0 Å². The molecule has 1 aromatic rings. The van der Waals surface area contributed by atoms with Crippen molar-refractivity contribution in [3.8, 4) is 0 Å². The molecule has 0 unspecified atom stereocenters. The Morgan fingerprint density at radius 3 is 1.80 bits per heavy atom. The summed E-state index contributed by atoms with van der Waals surface area (Å²) >= 11 is -3.18. The van der Waals surface area contributed by atoms with Crippen molar-refractivity contribution in [1.29, 1.82) is 0 Å². The maximum absolute atomic E-state index is 11.7. The summed E-state index contributed by atoms with van der Waals surface area (Å²) in [5.41, 5.74) is 0. The number of nitrogens with one attached hydrogen (secondary N) is 2. The Labute approximate surface area is 150 Å². The Hall–Kier alpha value is -1.46. The van der Waals surface area contributed by atoms with E-state index in [0.717, 1.165) is 18.2 Å². The predicted molar refractivity (Wildman–Crippen MR) is 88.3 cm³/mol. The first kappa shape index (κ1) is 21.6. The van der Waals surface area contributed by atoms with Gasteiger partial charge < -0.3 is 0 Å². The fourth-order valence-electron chi connectivity index (χ4n) is 1.70. The van der Waals surface area contributed by atoms with Gasteiger partial charge in [0, 0.05) is 0 Å². The van der Waals surface area contributed by atoms with Crippen LogP contribution in [0.4, 0.5) is 0 Å². The minimum atomic E-state index is -5.08. The van der Waals surface area contributed by atoms with Crippen LogP contribution in [0, 0.1) is 0 Å². The SMILES string of the molecule is CCC(=O)N[As](NC(=O)CC)c1cccc(S(=O)(=O)O)c1S(=O)(=O)O. The molecule has 140 valence electrons. The zero-order valence-electron chi connectivity index (χ0n) is 13.3. The summed E-state index contributed by atoms with van der Waals surface area (Å²) in [6.07, 6.45) is 0.0683. The van der Waals surface area contributed by atoms with Gasteiger partial charge in [-0.3, -0.25) is 0 Å². The molecule has 1 aromatic carbocycles. The van der Waals surface area contributed by atoms with Gasteiger partial charge in [0.2, 0.25) is 0 Å². The van der Waals surface area contributed by atoms with Crippen LogP contribution < -0.4 is 12.8 Å². The van der Waals surface area contributed by atoms with Crippen molar-refractivity contribution in [2.45, 2.75) is 36.5 Å². The molecular formula is C12H17AsN2O8S2. The summed E-state index contributed by atoms with van der Waals surface area (Å²) in [4.78, 5) is 21.3. The van der Waals surface area contributed by atoms with Gasteiger partial charge in [-0.2, -0.15) is 0 Å². The number of amides is 2. The molecule has 1 rings (SSSR count). The van der Waals surface area contributed by atoms with E-state index in [4.69, 9.17) is 0 Å². The summed E-state index contributed by atoms with van der Waals surface area (Å²) in [7, 11) is -10.1. The average molecular weight is 456 g/mol. The number of rotatable bonds is 7. The van der Waals surface area contributed by atoms with Crippen molar-refractivity contribution >= 4 is 51.5 Å². The molecule has 0 aromatic heterocycles. The molecule has 13 heteroatoms. The number of carbonyl (C=O) groups excluding carboxylic acids is 2. The zero-order valence-corrected chi connectivity index (χ0v) is 16.8. The minimum absolute atomic E-state index is 0.0342. The van der Waals surface area contributed by atoms with Crippen LogP contribution >= 0.6 is 0 Å². The number of hydrogen-bond donors (Lipinski definition) is 4. The van der Waals surface area contributed by atoms with Gasteiger partial charge in [-0.05, 0) is 0 Å². The second-order valence-corrected chi connectivity index (χ2v) is 10.8. The Morgan fingerprint density at radius 1 is 0.960 bits per heavy atom. The van der Waals surface area contributed by atoms with Crippen molar-refractivity contribution in [2.75, 3.05) is 0 Å². The van der Waals surface area contributed by atoms with Crippen molar-refractivity contribution in [3.05, 3.63) is 18.2 Å². The van der Waals surface area contributed by atoms with Crippen molar-refractivity contribution < 1.29 is 35.5 Å². The van der Waals surface area contributed by atoms with E-state index in [1.165, 1.54) is 13.8 Å². The second-order valence-electron chi connectivity index (χ2n) is 4.67. The number of benzene rings is 1. The van der Waals surface area contributed by atoms with Crippen LogP contribution in [0.15, 0.2) is 28.0 Å². The monoisotopic (exact) mass is 456 g/mol. The number of carbonyl (C=O) groups is 2. The first-order valence-corrected chi connectivity index (χ1v) is 12.6. The molecule has 0 fully saturated rings. The van der Waals surface area contributed by atoms with E-state index >= 15 is 0 Å². The molecule has 4 N–H and O–H groups in total. The predicted octanol–water partition coefficient (Wildman–Crippen LogP) is -1.07. The van der Waals surface area contributed by atoms with Gasteiger partial charge in [-0.25, -0.2) is 0 Å². The van der Waals surface area contributed by atoms with E-state index < -0.39 is 56.9 Å². The van der Waals surface area contributed by atoms with Crippen LogP contribution in [-0.4, -0.2) is 52.9 Å². The fraction of sp³-hybridized carbons (Fsp3) is 0.333. The van der Waals surface area contributed by atoms with Crippen LogP contribution in [0.2, 0.25) is 0 Å². The van der Waals surface area contributed by atoms with E-state index in [1.54, 1.807) is 0 Å². The van der Waals surface area contributed by atoms with E-state index in [9.17, 15) is 35.5 Å². The van der Waals surface area contributed by atoms with Crippen molar-refractivity contribution in [1.82, 2.24) is 8.47 Å². The van der Waals surface area contributed by atoms with Gasteiger partial charge in [0.15, 0.2) is 0 Å². The van der Waals surface area contributed by atoms with Gasteiger partial charge in [0.1, 0.15) is 0 Å². The average Bonchev–Trinajstić information content (AvgIpc) is 2.51. The molecule has 0 saturated carbocycles. The fourth-order valence-corrected chi connectivity index (χ4v) is 8.45. The van der Waals surface area contributed by atoms with Crippen LogP contribution in [-0.2, 0) is 29.8 Å². The van der Waals surface area contributed by atoms with Crippen LogP contribution in [0.5, 0.6) is 0 Å². The van der Waals surface area contributed by atoms with Gasteiger partial charge in [0.05, 0.1) is 0 Å². The van der Waals surface area contributed by atoms with Crippen LogP contribution in [0.25, 0.3) is 0 Å². The van der Waals surface area contributed by atoms with Gasteiger partial charge in [-0.1, -0.05) is 0 Å². The summed E-state index contributed by atoms with van der Waals surface area (Å²) in [5.74, 6) is -1.01. The van der Waals surface area contributed by atoms with Crippen LogP contribution in [0.1, 0.15) is 26.7 Å². The molecule has 0 spiro atoms. The molecule has 2 amide bonds. The topological polar surface area (TPSA) is 167 Å². The third kappa shape index (κ3) is 5.79. The van der Waals surface area contributed by atoms with E-state index in [-0.39, 0.29) is 17.2 Å². The third-order valence-corrected chi connectivity index (χ3v) is 8.94. The van der Waals surface area contributed by atoms with Gasteiger partial charge >= 0.3 is 150 Å². The van der Waals surface area contributed by atoms with Crippen LogP contribution in [0.3, 0.4) is 0 Å². The molecule has 0 aliphatic carbocycles. The zero-order chi connectivity index (χ0) is 19.4. The molecule has 0 saturated heterocycles. The molecule has 0 bridgehead atoms. The van der Waals surface area contributed by atoms with Gasteiger partial charge in [0.25, 0.3) is 0 Å². The summed E-state index contributed by atoms with van der Waals surface area (Å²) in [6, 6.07) is 3.08. The molecule has 0 heterocycles. The summed E-state index contributed by atoms with van der Waals surface area (Å²) in [5, 5.41) is 0. The molecule has 0 atom stereocenters. The Morgan fingerprint density at radius 2 is 1.44 bits per heavy atom. The standard InChI is InChI=1S/C12H17AsN2O8S2/c1-3-10(16)14-13(15-11(17)4-2)8-6-5-7-9(24(18,19)20)12(8)25(21,22)23/h5-7H,3-4H2,1-2H3,(H,14,16)(H,15,17)(H,18,19,20)(H,21,22,23). The van der Waals surface area contributed by atoms with E-state index in [2.05, 4.69) is 8.47 Å². The molecule has 10 nitrogen and oxygen atoms in total. The Balaban J connectivity index is 3.69. The molecular weight excluding hydrogens is 439 g/mol. The summed E-state index contributed by atoms with van der Waals surface area (Å²) in [6.45, 7) is 3.06. The number of hydrogen-bond acceptors (Lipinski definition) is 6. The first-order valence-electron chi connectivity index (χ1n) is 6.88. The van der Waals surface area contributed by atoms with E-state index in [0.29, 0.717) is 0 Å². The molecule has 0 aliphatic heterocycles.